The second-order valence-electron chi connectivity index (χ2n) is 6.49. The molecule has 1 aliphatic heterocycles. The quantitative estimate of drug-likeness (QED) is 0.637. The van der Waals surface area contributed by atoms with E-state index in [0.717, 1.165) is 36.0 Å². The summed E-state index contributed by atoms with van der Waals surface area (Å²) in [5.41, 5.74) is 1.32. The molecule has 0 amide bonds. The van der Waals surface area contributed by atoms with Crippen LogP contribution in [0.3, 0.4) is 0 Å². The molecule has 0 aromatic heterocycles. The van der Waals surface area contributed by atoms with E-state index >= 15 is 0 Å². The fraction of sp³-hybridized carbons (Fsp3) is 0.588. The molecule has 120 valence electrons. The Labute approximate surface area is 141 Å². The first-order valence-electron chi connectivity index (χ1n) is 8.13. The molecule has 3 unspecified atom stereocenters. The Morgan fingerprint density at radius 3 is 2.73 bits per heavy atom. The summed E-state index contributed by atoms with van der Waals surface area (Å²) in [6, 6.07) is 9.23. The van der Waals surface area contributed by atoms with Crippen molar-refractivity contribution in [1.29, 1.82) is 0 Å². The summed E-state index contributed by atoms with van der Waals surface area (Å²) in [6.07, 6.45) is 2.50. The zero-order valence-electron chi connectivity index (χ0n) is 13.3. The van der Waals surface area contributed by atoms with Gasteiger partial charge in [0.25, 0.3) is 0 Å². The van der Waals surface area contributed by atoms with Crippen LogP contribution >= 0.6 is 15.9 Å². The van der Waals surface area contributed by atoms with Crippen LogP contribution in [0.2, 0.25) is 0 Å². The third-order valence-electron chi connectivity index (χ3n) is 4.69. The Morgan fingerprint density at radius 2 is 2.09 bits per heavy atom. The molecule has 22 heavy (non-hydrogen) atoms. The first kappa shape index (κ1) is 15.7. The van der Waals surface area contributed by atoms with Gasteiger partial charge >= 0.3 is 0 Å². The van der Waals surface area contributed by atoms with Crippen molar-refractivity contribution in [3.05, 3.63) is 28.7 Å². The number of nitrogens with one attached hydrogen (secondary N) is 2. The number of hydrogen-bond acceptors (Lipinski definition) is 2. The first-order chi connectivity index (χ1) is 10.7. The molecule has 3 rings (SSSR count). The van der Waals surface area contributed by atoms with Crippen LogP contribution in [0.4, 0.5) is 5.69 Å². The number of benzene rings is 1. The molecule has 5 heteroatoms. The lowest BCUT2D eigenvalue weighted by atomic mass is 10.1. The minimum atomic E-state index is 0.619. The van der Waals surface area contributed by atoms with E-state index in [1.54, 1.807) is 0 Å². The van der Waals surface area contributed by atoms with Crippen LogP contribution in [0.1, 0.15) is 19.8 Å². The van der Waals surface area contributed by atoms with Crippen molar-refractivity contribution >= 4 is 27.6 Å². The predicted octanol–water partition coefficient (Wildman–Crippen LogP) is 2.85. The molecule has 1 aromatic rings. The van der Waals surface area contributed by atoms with Gasteiger partial charge in [-0.3, -0.25) is 4.99 Å². The van der Waals surface area contributed by atoms with Gasteiger partial charge in [0.2, 0.25) is 0 Å². The Bertz CT molecular complexity index is 528. The summed E-state index contributed by atoms with van der Waals surface area (Å²) in [5.74, 6) is 2.42. The van der Waals surface area contributed by atoms with Crippen molar-refractivity contribution in [2.24, 2.45) is 16.8 Å². The van der Waals surface area contributed by atoms with Crippen molar-refractivity contribution in [3.63, 3.8) is 0 Å². The van der Waals surface area contributed by atoms with E-state index in [9.17, 15) is 0 Å². The molecule has 1 saturated heterocycles. The molecule has 1 heterocycles. The topological polar surface area (TPSA) is 39.7 Å². The van der Waals surface area contributed by atoms with E-state index in [1.807, 2.05) is 7.05 Å². The first-order valence-corrected chi connectivity index (χ1v) is 8.92. The van der Waals surface area contributed by atoms with Crippen molar-refractivity contribution in [1.82, 2.24) is 10.6 Å². The highest BCUT2D eigenvalue weighted by Crippen LogP contribution is 2.29. The molecule has 1 saturated carbocycles. The van der Waals surface area contributed by atoms with Gasteiger partial charge in [0.1, 0.15) is 0 Å². The lowest BCUT2D eigenvalue weighted by molar-refractivity contribution is 0.564. The largest absolute Gasteiger partial charge is 0.371 e. The van der Waals surface area contributed by atoms with E-state index in [2.05, 4.69) is 67.6 Å². The summed E-state index contributed by atoms with van der Waals surface area (Å²) >= 11 is 3.49. The Hall–Kier alpha value is -1.23. The maximum absolute atomic E-state index is 4.33. The van der Waals surface area contributed by atoms with Crippen LogP contribution in [0.25, 0.3) is 0 Å². The van der Waals surface area contributed by atoms with Gasteiger partial charge < -0.3 is 15.5 Å². The summed E-state index contributed by atoms with van der Waals surface area (Å²) < 4.78 is 1.14. The molecular formula is C17H25BrN4. The fourth-order valence-corrected chi connectivity index (χ4v) is 3.28. The van der Waals surface area contributed by atoms with Gasteiger partial charge in [0.05, 0.1) is 0 Å². The van der Waals surface area contributed by atoms with Crippen LogP contribution in [-0.4, -0.2) is 38.7 Å². The summed E-state index contributed by atoms with van der Waals surface area (Å²) in [6.45, 7) is 5.52. The minimum Gasteiger partial charge on any atom is -0.371 e. The SMILES string of the molecule is CN=C(NCC1CCN(c2ccc(Br)cc2)C1)NC1CC1C. The Kier molecular flexibility index (Phi) is 4.91. The standard InChI is InChI=1S/C17H25BrN4/c1-12-9-16(12)21-17(19-2)20-10-13-7-8-22(11-13)15-5-3-14(18)4-6-15/h3-6,12-13,16H,7-11H2,1-2H3,(H2,19,20,21). The zero-order chi connectivity index (χ0) is 15.5. The smallest absolute Gasteiger partial charge is 0.191 e. The van der Waals surface area contributed by atoms with Crippen LogP contribution in [0.15, 0.2) is 33.7 Å². The maximum atomic E-state index is 4.33. The highest BCUT2D eigenvalue weighted by molar-refractivity contribution is 9.10. The summed E-state index contributed by atoms with van der Waals surface area (Å²) in [5, 5.41) is 6.97. The van der Waals surface area contributed by atoms with Crippen LogP contribution in [-0.2, 0) is 0 Å². The number of guanidine groups is 1. The second-order valence-corrected chi connectivity index (χ2v) is 7.41. The monoisotopic (exact) mass is 364 g/mol. The Morgan fingerprint density at radius 1 is 1.36 bits per heavy atom. The van der Waals surface area contributed by atoms with E-state index in [0.29, 0.717) is 12.0 Å². The van der Waals surface area contributed by atoms with Gasteiger partial charge in [-0.05, 0) is 48.9 Å². The van der Waals surface area contributed by atoms with Crippen molar-refractivity contribution in [2.45, 2.75) is 25.8 Å². The zero-order valence-corrected chi connectivity index (χ0v) is 14.9. The average molecular weight is 365 g/mol. The molecular weight excluding hydrogens is 340 g/mol. The van der Waals surface area contributed by atoms with Crippen molar-refractivity contribution < 1.29 is 0 Å². The molecule has 4 nitrogen and oxygen atoms in total. The van der Waals surface area contributed by atoms with Gasteiger partial charge in [-0.25, -0.2) is 0 Å². The molecule has 2 aliphatic rings. The lowest BCUT2D eigenvalue weighted by Crippen LogP contribution is -2.41. The van der Waals surface area contributed by atoms with Gasteiger partial charge in [-0.2, -0.15) is 0 Å². The molecule has 1 aromatic carbocycles. The highest BCUT2D eigenvalue weighted by atomic mass is 79.9. The highest BCUT2D eigenvalue weighted by Gasteiger charge is 2.33. The molecule has 0 spiro atoms. The van der Waals surface area contributed by atoms with Gasteiger partial charge in [-0.1, -0.05) is 22.9 Å². The van der Waals surface area contributed by atoms with Crippen molar-refractivity contribution in [3.8, 4) is 0 Å². The van der Waals surface area contributed by atoms with E-state index in [4.69, 9.17) is 0 Å². The number of aliphatic imine (C=N–C) groups is 1. The number of anilines is 1. The van der Waals surface area contributed by atoms with Gasteiger partial charge in [0, 0.05) is 42.9 Å². The average Bonchev–Trinajstić information content (AvgIpc) is 3.01. The normalized spacial score (nSPS) is 27.9. The second kappa shape index (κ2) is 6.90. The minimum absolute atomic E-state index is 0.619. The van der Waals surface area contributed by atoms with Gasteiger partial charge in [0.15, 0.2) is 5.96 Å². The van der Waals surface area contributed by atoms with E-state index < -0.39 is 0 Å². The predicted molar refractivity (Wildman–Crippen MR) is 96.5 cm³/mol. The molecule has 1 aliphatic carbocycles. The molecule has 2 fully saturated rings. The number of nitrogens with zero attached hydrogens (tertiary/aromatic N) is 2. The van der Waals surface area contributed by atoms with E-state index in [1.165, 1.54) is 18.5 Å². The van der Waals surface area contributed by atoms with Crippen LogP contribution in [0.5, 0.6) is 0 Å². The van der Waals surface area contributed by atoms with Crippen LogP contribution < -0.4 is 15.5 Å². The molecule has 0 radical (unpaired) electrons. The van der Waals surface area contributed by atoms with Crippen LogP contribution in [0, 0.1) is 11.8 Å². The Balaban J connectivity index is 1.45. The van der Waals surface area contributed by atoms with Crippen molar-refractivity contribution in [2.75, 3.05) is 31.6 Å². The summed E-state index contributed by atoms with van der Waals surface area (Å²) in [4.78, 5) is 6.80. The molecule has 2 N–H and O–H groups in total. The van der Waals surface area contributed by atoms with E-state index in [-0.39, 0.29) is 0 Å². The lowest BCUT2D eigenvalue weighted by Gasteiger charge is -2.19. The maximum Gasteiger partial charge on any atom is 0.191 e. The summed E-state index contributed by atoms with van der Waals surface area (Å²) in [7, 11) is 1.85. The number of rotatable bonds is 4. The number of halogens is 1. The fourth-order valence-electron chi connectivity index (χ4n) is 3.02. The van der Waals surface area contributed by atoms with Gasteiger partial charge in [-0.15, -0.1) is 0 Å². The third kappa shape index (κ3) is 3.94. The molecule has 3 atom stereocenters. The number of hydrogen-bond donors (Lipinski definition) is 2. The molecule has 0 bridgehead atoms. The third-order valence-corrected chi connectivity index (χ3v) is 5.22.